The molecule has 4 nitrogen and oxygen atoms in total. The van der Waals surface area contributed by atoms with E-state index in [1.807, 2.05) is 6.07 Å². The van der Waals surface area contributed by atoms with Gasteiger partial charge in [-0.3, -0.25) is 0 Å². The Labute approximate surface area is 97.4 Å². The Bertz CT molecular complexity index is 447. The second-order valence-corrected chi connectivity index (χ2v) is 4.04. The second kappa shape index (κ2) is 4.15. The van der Waals surface area contributed by atoms with Crippen molar-refractivity contribution in [3.8, 4) is 0 Å². The Balaban J connectivity index is 2.25. The van der Waals surface area contributed by atoms with Gasteiger partial charge in [-0.2, -0.15) is 0 Å². The minimum Gasteiger partial charge on any atom is -0.480 e. The lowest BCUT2D eigenvalue weighted by Gasteiger charge is -2.21. The number of nitrogens with one attached hydrogen (secondary N) is 1. The Morgan fingerprint density at radius 3 is 2.94 bits per heavy atom. The molecule has 2 N–H and O–H groups in total. The van der Waals surface area contributed by atoms with E-state index in [0.29, 0.717) is 5.02 Å². The molecule has 1 aliphatic heterocycles. The molecule has 1 aliphatic rings. The molecule has 1 aromatic rings. The standard InChI is InChI=1S/C11H10ClNO3/c12-9-3-1-2-8(6-9)7-11(10(14)15)4-5-16-13-11/h1-6,13H,7H2,(H,14,15). The van der Waals surface area contributed by atoms with Crippen LogP contribution in [-0.2, 0) is 16.1 Å². The molecule has 16 heavy (non-hydrogen) atoms. The molecular formula is C11H10ClNO3. The number of hydroxylamine groups is 1. The van der Waals surface area contributed by atoms with Crippen molar-refractivity contribution < 1.29 is 14.7 Å². The fourth-order valence-corrected chi connectivity index (χ4v) is 1.79. The maximum Gasteiger partial charge on any atom is 0.331 e. The lowest BCUT2D eigenvalue weighted by molar-refractivity contribution is -0.145. The second-order valence-electron chi connectivity index (χ2n) is 3.61. The molecule has 1 heterocycles. The van der Waals surface area contributed by atoms with E-state index in [4.69, 9.17) is 21.5 Å². The van der Waals surface area contributed by atoms with Gasteiger partial charge in [0.15, 0.2) is 5.54 Å². The number of carbonyl (C=O) groups is 1. The quantitative estimate of drug-likeness (QED) is 0.844. The Hall–Kier alpha value is -1.52. The monoisotopic (exact) mass is 239 g/mol. The molecule has 1 atom stereocenters. The molecule has 0 radical (unpaired) electrons. The molecular weight excluding hydrogens is 230 g/mol. The van der Waals surface area contributed by atoms with Crippen molar-refractivity contribution in [3.05, 3.63) is 47.2 Å². The summed E-state index contributed by atoms with van der Waals surface area (Å²) in [5.41, 5.74) is 2.11. The van der Waals surface area contributed by atoms with Gasteiger partial charge in [-0.25, -0.2) is 4.79 Å². The number of hydrogen-bond donors (Lipinski definition) is 2. The SMILES string of the molecule is O=C(O)C1(Cc2cccc(Cl)c2)C=CON1. The number of benzene rings is 1. The summed E-state index contributed by atoms with van der Waals surface area (Å²) in [5.74, 6) is -0.985. The van der Waals surface area contributed by atoms with Gasteiger partial charge >= 0.3 is 5.97 Å². The molecule has 0 bridgehead atoms. The molecule has 84 valence electrons. The minimum atomic E-state index is -1.20. The first-order valence-corrected chi connectivity index (χ1v) is 5.08. The highest BCUT2D eigenvalue weighted by molar-refractivity contribution is 6.30. The van der Waals surface area contributed by atoms with Crippen LogP contribution in [0.2, 0.25) is 5.02 Å². The van der Waals surface area contributed by atoms with E-state index < -0.39 is 11.5 Å². The van der Waals surface area contributed by atoms with Crippen LogP contribution in [0.4, 0.5) is 0 Å². The smallest absolute Gasteiger partial charge is 0.331 e. The van der Waals surface area contributed by atoms with Crippen molar-refractivity contribution in [2.45, 2.75) is 12.0 Å². The summed E-state index contributed by atoms with van der Waals surface area (Å²) in [4.78, 5) is 16.0. The van der Waals surface area contributed by atoms with Crippen molar-refractivity contribution >= 4 is 17.6 Å². The number of rotatable bonds is 3. The van der Waals surface area contributed by atoms with Crippen LogP contribution in [0.5, 0.6) is 0 Å². The van der Waals surface area contributed by atoms with Gasteiger partial charge in [0.05, 0.1) is 0 Å². The van der Waals surface area contributed by atoms with Crippen LogP contribution in [0.15, 0.2) is 36.6 Å². The number of carboxylic acid groups (broad SMARTS) is 1. The van der Waals surface area contributed by atoms with Crippen molar-refractivity contribution in [1.29, 1.82) is 0 Å². The molecule has 0 aromatic heterocycles. The summed E-state index contributed by atoms with van der Waals surface area (Å²) in [6.07, 6.45) is 3.09. The highest BCUT2D eigenvalue weighted by atomic mass is 35.5. The topological polar surface area (TPSA) is 58.6 Å². The summed E-state index contributed by atoms with van der Waals surface area (Å²) in [6, 6.07) is 7.09. The third-order valence-corrected chi connectivity index (χ3v) is 2.65. The number of carboxylic acids is 1. The summed E-state index contributed by atoms with van der Waals surface area (Å²) in [6.45, 7) is 0. The molecule has 0 saturated carbocycles. The van der Waals surface area contributed by atoms with Gasteiger partial charge in [0.25, 0.3) is 0 Å². The van der Waals surface area contributed by atoms with Gasteiger partial charge in [-0.05, 0) is 23.8 Å². The predicted molar refractivity (Wildman–Crippen MR) is 58.9 cm³/mol. The van der Waals surface area contributed by atoms with Gasteiger partial charge in [-0.1, -0.05) is 23.7 Å². The van der Waals surface area contributed by atoms with Gasteiger partial charge in [0.2, 0.25) is 0 Å². The van der Waals surface area contributed by atoms with Crippen LogP contribution in [0.25, 0.3) is 0 Å². The van der Waals surface area contributed by atoms with Crippen molar-refractivity contribution in [2.24, 2.45) is 0 Å². The zero-order chi connectivity index (χ0) is 11.6. The van der Waals surface area contributed by atoms with Gasteiger partial charge in [0, 0.05) is 11.4 Å². The average Bonchev–Trinajstić information content (AvgIpc) is 2.67. The fourth-order valence-electron chi connectivity index (χ4n) is 1.58. The lowest BCUT2D eigenvalue weighted by Crippen LogP contribution is -2.48. The lowest BCUT2D eigenvalue weighted by atomic mass is 9.92. The molecule has 0 spiro atoms. The van der Waals surface area contributed by atoms with Crippen LogP contribution in [0.3, 0.4) is 0 Å². The third-order valence-electron chi connectivity index (χ3n) is 2.42. The fraction of sp³-hybridized carbons (Fsp3) is 0.182. The van der Waals surface area contributed by atoms with E-state index in [1.165, 1.54) is 12.3 Å². The number of hydrogen-bond acceptors (Lipinski definition) is 3. The van der Waals surface area contributed by atoms with Crippen LogP contribution in [0, 0.1) is 0 Å². The third kappa shape index (κ3) is 2.03. The van der Waals surface area contributed by atoms with Crippen molar-refractivity contribution in [2.75, 3.05) is 0 Å². The molecule has 0 aliphatic carbocycles. The van der Waals surface area contributed by atoms with Gasteiger partial charge in [0.1, 0.15) is 6.26 Å². The molecule has 0 saturated heterocycles. The van der Waals surface area contributed by atoms with Crippen LogP contribution >= 0.6 is 11.6 Å². The maximum atomic E-state index is 11.2. The molecule has 1 aromatic carbocycles. The van der Waals surface area contributed by atoms with E-state index >= 15 is 0 Å². The number of halogens is 1. The van der Waals surface area contributed by atoms with E-state index in [9.17, 15) is 4.79 Å². The molecule has 0 amide bonds. The summed E-state index contributed by atoms with van der Waals surface area (Å²) in [5, 5.41) is 9.75. The Morgan fingerprint density at radius 2 is 2.38 bits per heavy atom. The molecule has 1 unspecified atom stereocenters. The zero-order valence-corrected chi connectivity index (χ0v) is 9.07. The highest BCUT2D eigenvalue weighted by Crippen LogP contribution is 2.21. The molecule has 0 fully saturated rings. The van der Waals surface area contributed by atoms with E-state index in [2.05, 4.69) is 5.48 Å². The van der Waals surface area contributed by atoms with Crippen LogP contribution < -0.4 is 5.48 Å². The summed E-state index contributed by atoms with van der Waals surface area (Å²) < 4.78 is 0. The minimum absolute atomic E-state index is 0.277. The average molecular weight is 240 g/mol. The van der Waals surface area contributed by atoms with Gasteiger partial charge < -0.3 is 9.94 Å². The normalized spacial score (nSPS) is 23.1. The van der Waals surface area contributed by atoms with Crippen LogP contribution in [0.1, 0.15) is 5.56 Å². The Morgan fingerprint density at radius 1 is 1.56 bits per heavy atom. The number of aliphatic carboxylic acids is 1. The largest absolute Gasteiger partial charge is 0.480 e. The van der Waals surface area contributed by atoms with Gasteiger partial charge in [-0.15, -0.1) is 5.48 Å². The first-order valence-electron chi connectivity index (χ1n) is 4.71. The zero-order valence-electron chi connectivity index (χ0n) is 8.31. The first-order chi connectivity index (χ1) is 7.62. The van der Waals surface area contributed by atoms with E-state index in [-0.39, 0.29) is 6.42 Å². The predicted octanol–water partition coefficient (Wildman–Crippen LogP) is 1.75. The van der Waals surface area contributed by atoms with E-state index in [1.54, 1.807) is 18.2 Å². The summed E-state index contributed by atoms with van der Waals surface area (Å²) in [7, 11) is 0. The maximum absolute atomic E-state index is 11.2. The first kappa shape index (κ1) is 11.0. The van der Waals surface area contributed by atoms with E-state index in [0.717, 1.165) is 5.56 Å². The van der Waals surface area contributed by atoms with Crippen molar-refractivity contribution in [1.82, 2.24) is 5.48 Å². The van der Waals surface area contributed by atoms with Crippen molar-refractivity contribution in [3.63, 3.8) is 0 Å². The molecule has 5 heteroatoms. The Kier molecular flexibility index (Phi) is 2.85. The molecule has 2 rings (SSSR count). The van der Waals surface area contributed by atoms with Crippen LogP contribution in [-0.4, -0.2) is 16.6 Å². The highest BCUT2D eigenvalue weighted by Gasteiger charge is 2.39. The summed E-state index contributed by atoms with van der Waals surface area (Å²) >= 11 is 5.84.